The van der Waals surface area contributed by atoms with Crippen LogP contribution in [-0.2, 0) is 14.3 Å². The number of esters is 1. The van der Waals surface area contributed by atoms with Crippen molar-refractivity contribution in [2.24, 2.45) is 5.73 Å². The van der Waals surface area contributed by atoms with Crippen molar-refractivity contribution in [3.05, 3.63) is 35.6 Å². The van der Waals surface area contributed by atoms with Gasteiger partial charge in [-0.05, 0) is 31.5 Å². The highest BCUT2D eigenvalue weighted by atomic mass is 19.1. The minimum atomic E-state index is -1.38. The molecule has 0 spiro atoms. The van der Waals surface area contributed by atoms with Gasteiger partial charge in [0.25, 0.3) is 0 Å². The van der Waals surface area contributed by atoms with E-state index in [-0.39, 0.29) is 6.61 Å². The zero-order chi connectivity index (χ0) is 14.4. The number of amides is 1. The van der Waals surface area contributed by atoms with E-state index in [1.54, 1.807) is 26.0 Å². The molecule has 0 aliphatic heterocycles. The molecule has 3 N–H and O–H groups in total. The maximum atomic E-state index is 13.0. The Labute approximate surface area is 110 Å². The van der Waals surface area contributed by atoms with Crippen LogP contribution in [0.1, 0.15) is 25.5 Å². The van der Waals surface area contributed by atoms with E-state index in [2.05, 4.69) is 10.1 Å². The van der Waals surface area contributed by atoms with Gasteiger partial charge >= 0.3 is 5.97 Å². The lowest BCUT2D eigenvalue weighted by Crippen LogP contribution is -2.47. The summed E-state index contributed by atoms with van der Waals surface area (Å²) in [5.41, 5.74) is 6.03. The van der Waals surface area contributed by atoms with Crippen LogP contribution in [0.4, 0.5) is 4.39 Å². The summed E-state index contributed by atoms with van der Waals surface area (Å²) >= 11 is 0. The van der Waals surface area contributed by atoms with Gasteiger partial charge in [0.2, 0.25) is 5.91 Å². The summed E-state index contributed by atoms with van der Waals surface area (Å²) in [7, 11) is 0. The molecule has 0 saturated carbocycles. The zero-order valence-corrected chi connectivity index (χ0v) is 10.9. The highest BCUT2D eigenvalue weighted by molar-refractivity contribution is 6.01. The molecule has 0 aromatic heterocycles. The van der Waals surface area contributed by atoms with E-state index >= 15 is 0 Å². The Morgan fingerprint density at radius 2 is 2.16 bits per heavy atom. The lowest BCUT2D eigenvalue weighted by Gasteiger charge is -2.17. The normalized spacial score (nSPS) is 13.5. The molecule has 0 aliphatic rings. The van der Waals surface area contributed by atoms with Crippen LogP contribution >= 0.6 is 0 Å². The van der Waals surface area contributed by atoms with Gasteiger partial charge in [0.05, 0.1) is 12.6 Å². The third kappa shape index (κ3) is 4.33. The second-order valence-corrected chi connectivity index (χ2v) is 4.02. The Balaban J connectivity index is 2.64. The smallest absolute Gasteiger partial charge is 0.332 e. The fraction of sp³-hybridized carbons (Fsp3) is 0.385. The first-order chi connectivity index (χ1) is 8.95. The Kier molecular flexibility index (Phi) is 5.44. The van der Waals surface area contributed by atoms with Crippen molar-refractivity contribution in [1.82, 2.24) is 5.32 Å². The summed E-state index contributed by atoms with van der Waals surface area (Å²) in [5, 5.41) is 2.53. The van der Waals surface area contributed by atoms with Crippen LogP contribution in [-0.4, -0.2) is 24.5 Å². The number of benzene rings is 1. The molecule has 1 aromatic rings. The van der Waals surface area contributed by atoms with Crippen molar-refractivity contribution in [1.29, 1.82) is 0 Å². The lowest BCUT2D eigenvalue weighted by molar-refractivity contribution is -0.148. The quantitative estimate of drug-likeness (QED) is 0.614. The van der Waals surface area contributed by atoms with Crippen molar-refractivity contribution in [3.63, 3.8) is 0 Å². The summed E-state index contributed by atoms with van der Waals surface area (Å²) in [5.74, 6) is -1.84. The minimum Gasteiger partial charge on any atom is -0.464 e. The van der Waals surface area contributed by atoms with Gasteiger partial charge in [0.1, 0.15) is 5.82 Å². The van der Waals surface area contributed by atoms with E-state index in [4.69, 9.17) is 5.73 Å². The fourth-order valence-corrected chi connectivity index (χ4v) is 1.50. The summed E-state index contributed by atoms with van der Waals surface area (Å²) in [6, 6.07) is 3.99. The number of ether oxygens (including phenoxy) is 1. The van der Waals surface area contributed by atoms with Gasteiger partial charge in [-0.25, -0.2) is 9.18 Å². The van der Waals surface area contributed by atoms with Gasteiger partial charge in [-0.2, -0.15) is 0 Å². The predicted octanol–water partition coefficient (Wildman–Crippen LogP) is 0.893. The monoisotopic (exact) mass is 268 g/mol. The number of rotatable bonds is 5. The van der Waals surface area contributed by atoms with Crippen LogP contribution in [0, 0.1) is 5.82 Å². The molecule has 5 nitrogen and oxygen atoms in total. The van der Waals surface area contributed by atoms with Gasteiger partial charge in [-0.3, -0.25) is 4.79 Å². The highest BCUT2D eigenvalue weighted by Gasteiger charge is 2.24. The molecule has 104 valence electrons. The predicted molar refractivity (Wildman–Crippen MR) is 67.6 cm³/mol. The number of nitrogens with one attached hydrogen (secondary N) is 1. The number of hydrogen-bond donors (Lipinski definition) is 2. The largest absolute Gasteiger partial charge is 0.464 e. The van der Waals surface area contributed by atoms with Crippen LogP contribution in [0.25, 0.3) is 0 Å². The van der Waals surface area contributed by atoms with E-state index in [0.29, 0.717) is 5.56 Å². The molecule has 0 bridgehead atoms. The van der Waals surface area contributed by atoms with Crippen LogP contribution in [0.5, 0.6) is 0 Å². The number of halogens is 1. The van der Waals surface area contributed by atoms with Crippen LogP contribution in [0.2, 0.25) is 0 Å². The summed E-state index contributed by atoms with van der Waals surface area (Å²) in [6.07, 6.45) is 0. The molecule has 0 saturated heterocycles. The van der Waals surface area contributed by atoms with Crippen LogP contribution in [0.15, 0.2) is 24.3 Å². The molecule has 1 unspecified atom stereocenters. The summed E-state index contributed by atoms with van der Waals surface area (Å²) in [4.78, 5) is 23.0. The third-order valence-electron chi connectivity index (χ3n) is 2.53. The Morgan fingerprint density at radius 3 is 2.74 bits per heavy atom. The maximum Gasteiger partial charge on any atom is 0.332 e. The molecule has 1 rings (SSSR count). The first kappa shape index (κ1) is 15.1. The molecular weight excluding hydrogens is 251 g/mol. The van der Waals surface area contributed by atoms with E-state index in [1.165, 1.54) is 12.1 Å². The topological polar surface area (TPSA) is 81.4 Å². The van der Waals surface area contributed by atoms with Crippen molar-refractivity contribution in [2.45, 2.75) is 25.9 Å². The van der Waals surface area contributed by atoms with Crippen molar-refractivity contribution >= 4 is 11.9 Å². The number of nitrogens with two attached hydrogens (primary N) is 1. The van der Waals surface area contributed by atoms with Crippen LogP contribution < -0.4 is 11.1 Å². The third-order valence-corrected chi connectivity index (χ3v) is 2.53. The van der Waals surface area contributed by atoms with Crippen LogP contribution in [0.3, 0.4) is 0 Å². The Bertz CT molecular complexity index is 465. The maximum absolute atomic E-state index is 13.0. The van der Waals surface area contributed by atoms with Gasteiger partial charge in [-0.1, -0.05) is 12.1 Å². The highest BCUT2D eigenvalue weighted by Crippen LogP contribution is 2.13. The second kappa shape index (κ2) is 6.84. The second-order valence-electron chi connectivity index (χ2n) is 4.02. The SMILES string of the molecule is CCOC(=O)C(N)C(=O)N[C@H](C)c1cccc(F)c1. The molecule has 0 aliphatic carbocycles. The number of carbonyl (C=O) groups is 2. The Hall–Kier alpha value is -1.95. The average molecular weight is 268 g/mol. The van der Waals surface area contributed by atoms with E-state index in [1.807, 2.05) is 0 Å². The van der Waals surface area contributed by atoms with Gasteiger partial charge in [0, 0.05) is 0 Å². The summed E-state index contributed by atoms with van der Waals surface area (Å²) in [6.45, 7) is 3.45. The van der Waals surface area contributed by atoms with E-state index in [0.717, 1.165) is 0 Å². The Morgan fingerprint density at radius 1 is 1.47 bits per heavy atom. The average Bonchev–Trinajstić information content (AvgIpc) is 2.37. The van der Waals surface area contributed by atoms with E-state index in [9.17, 15) is 14.0 Å². The fourth-order valence-electron chi connectivity index (χ4n) is 1.50. The van der Waals surface area contributed by atoms with Gasteiger partial charge < -0.3 is 15.8 Å². The molecule has 0 radical (unpaired) electrons. The summed E-state index contributed by atoms with van der Waals surface area (Å²) < 4.78 is 17.7. The number of hydrogen-bond acceptors (Lipinski definition) is 4. The molecular formula is C13H17FN2O3. The lowest BCUT2D eigenvalue weighted by atomic mass is 10.1. The standard InChI is InChI=1S/C13H17FN2O3/c1-3-19-13(18)11(15)12(17)16-8(2)9-5-4-6-10(14)7-9/h4-8,11H,3,15H2,1-2H3,(H,16,17)/t8-,11?/m1/s1. The van der Waals surface area contributed by atoms with Gasteiger partial charge in [0.15, 0.2) is 6.04 Å². The van der Waals surface area contributed by atoms with Crippen molar-refractivity contribution in [3.8, 4) is 0 Å². The molecule has 6 heteroatoms. The van der Waals surface area contributed by atoms with Crippen molar-refractivity contribution in [2.75, 3.05) is 6.61 Å². The molecule has 2 atom stereocenters. The molecule has 0 heterocycles. The minimum absolute atomic E-state index is 0.152. The molecule has 1 aromatic carbocycles. The number of carbonyl (C=O) groups excluding carboxylic acids is 2. The zero-order valence-electron chi connectivity index (χ0n) is 10.9. The first-order valence-electron chi connectivity index (χ1n) is 5.93. The van der Waals surface area contributed by atoms with E-state index < -0.39 is 29.8 Å². The molecule has 1 amide bonds. The van der Waals surface area contributed by atoms with Gasteiger partial charge in [-0.15, -0.1) is 0 Å². The first-order valence-corrected chi connectivity index (χ1v) is 5.93. The molecule has 19 heavy (non-hydrogen) atoms. The van der Waals surface area contributed by atoms with Crippen molar-refractivity contribution < 1.29 is 18.7 Å². The molecule has 0 fully saturated rings.